The van der Waals surface area contributed by atoms with Gasteiger partial charge < -0.3 is 0 Å². The molecule has 0 bridgehead atoms. The number of hydrogen-bond acceptors (Lipinski definition) is 3. The third kappa shape index (κ3) is 3.06. The predicted octanol–water partition coefficient (Wildman–Crippen LogP) is 1.40. The van der Waals surface area contributed by atoms with Crippen molar-refractivity contribution in [3.63, 3.8) is 0 Å². The highest BCUT2D eigenvalue weighted by Gasteiger charge is 2.13. The van der Waals surface area contributed by atoms with Gasteiger partial charge in [0.05, 0.1) is 4.90 Å². The molecule has 0 atom stereocenters. The smallest absolute Gasteiger partial charge is 0.262 e. The van der Waals surface area contributed by atoms with Gasteiger partial charge in [-0.05, 0) is 12.1 Å². The van der Waals surface area contributed by atoms with Gasteiger partial charge in [0.15, 0.2) is 0 Å². The number of amidine groups is 1. The van der Waals surface area contributed by atoms with E-state index in [2.05, 4.69) is 9.71 Å². The van der Waals surface area contributed by atoms with Crippen molar-refractivity contribution in [1.82, 2.24) is 4.72 Å². The molecule has 0 heterocycles. The van der Waals surface area contributed by atoms with Crippen LogP contribution in [0.25, 0.3) is 0 Å². The summed E-state index contributed by atoms with van der Waals surface area (Å²) in [5, 5.41) is 0. The molecule has 1 aromatic carbocycles. The second-order valence-corrected chi connectivity index (χ2v) is 4.62. The topological polar surface area (TPSA) is 58.5 Å². The van der Waals surface area contributed by atoms with Gasteiger partial charge in [-0.25, -0.2) is 8.42 Å². The van der Waals surface area contributed by atoms with Crippen molar-refractivity contribution in [2.45, 2.75) is 18.2 Å². The van der Waals surface area contributed by atoms with Gasteiger partial charge in [-0.2, -0.15) is 0 Å². The number of hydrogen-bond donors (Lipinski definition) is 1. The lowest BCUT2D eigenvalue weighted by atomic mass is 10.4. The maximum absolute atomic E-state index is 11.8. The Hall–Kier alpha value is -1.36. The van der Waals surface area contributed by atoms with Crippen LogP contribution in [0, 0.1) is 0 Å². The van der Waals surface area contributed by atoms with Crippen molar-refractivity contribution in [3.8, 4) is 0 Å². The maximum atomic E-state index is 11.8. The molecule has 0 aromatic heterocycles. The van der Waals surface area contributed by atoms with Crippen LogP contribution in [0.15, 0.2) is 40.2 Å². The predicted molar refractivity (Wildman–Crippen MR) is 60.4 cm³/mol. The summed E-state index contributed by atoms with van der Waals surface area (Å²) in [4.78, 5) is 4.09. The molecule has 4 nitrogen and oxygen atoms in total. The van der Waals surface area contributed by atoms with Crippen LogP contribution in [0.4, 0.5) is 0 Å². The summed E-state index contributed by atoms with van der Waals surface area (Å²) in [6.07, 6.45) is 0.558. The molecule has 0 saturated heterocycles. The van der Waals surface area contributed by atoms with Crippen LogP contribution in [0.3, 0.4) is 0 Å². The van der Waals surface area contributed by atoms with Gasteiger partial charge in [0.2, 0.25) is 0 Å². The van der Waals surface area contributed by atoms with E-state index in [9.17, 15) is 8.42 Å². The molecule has 1 rings (SSSR count). The van der Waals surface area contributed by atoms with Crippen LogP contribution in [-0.4, -0.2) is 21.3 Å². The monoisotopic (exact) mass is 226 g/mol. The lowest BCUT2D eigenvalue weighted by Crippen LogP contribution is -2.30. The minimum atomic E-state index is -3.46. The van der Waals surface area contributed by atoms with Gasteiger partial charge in [-0.1, -0.05) is 25.1 Å². The SMILES string of the molecule is CCC(=NC)NS(=O)(=O)c1ccccc1. The fourth-order valence-corrected chi connectivity index (χ4v) is 2.27. The zero-order valence-electron chi connectivity index (χ0n) is 8.77. The first-order chi connectivity index (χ1) is 7.10. The number of nitrogens with zero attached hydrogens (tertiary/aromatic N) is 1. The van der Waals surface area contributed by atoms with Gasteiger partial charge in [-0.15, -0.1) is 0 Å². The third-order valence-electron chi connectivity index (χ3n) is 1.91. The lowest BCUT2D eigenvalue weighted by molar-refractivity contribution is 0.592. The highest BCUT2D eigenvalue weighted by molar-refractivity contribution is 7.90. The maximum Gasteiger partial charge on any atom is 0.262 e. The average molecular weight is 226 g/mol. The highest BCUT2D eigenvalue weighted by Crippen LogP contribution is 2.07. The minimum absolute atomic E-state index is 0.250. The second-order valence-electron chi connectivity index (χ2n) is 2.94. The van der Waals surface area contributed by atoms with Crippen LogP contribution in [0.1, 0.15) is 13.3 Å². The molecular weight excluding hydrogens is 212 g/mol. The summed E-state index contributed by atoms with van der Waals surface area (Å²) in [6, 6.07) is 8.23. The molecule has 0 saturated carbocycles. The van der Waals surface area contributed by atoms with E-state index in [4.69, 9.17) is 0 Å². The Balaban J connectivity index is 2.95. The Morgan fingerprint density at radius 1 is 1.33 bits per heavy atom. The Morgan fingerprint density at radius 2 is 1.93 bits per heavy atom. The third-order valence-corrected chi connectivity index (χ3v) is 3.31. The standard InChI is InChI=1S/C10H14N2O2S/c1-3-10(11-2)12-15(13,14)9-7-5-4-6-8-9/h4-8H,3H2,1-2H3,(H,11,12). The molecular formula is C10H14N2O2S. The molecule has 5 heteroatoms. The fourth-order valence-electron chi connectivity index (χ4n) is 1.09. The normalized spacial score (nSPS) is 12.5. The van der Waals surface area contributed by atoms with Crippen molar-refractivity contribution in [1.29, 1.82) is 0 Å². The summed E-state index contributed by atoms with van der Waals surface area (Å²) < 4.78 is 26.0. The molecule has 82 valence electrons. The number of benzene rings is 1. The summed E-state index contributed by atoms with van der Waals surface area (Å²) in [6.45, 7) is 1.84. The van der Waals surface area contributed by atoms with E-state index >= 15 is 0 Å². The van der Waals surface area contributed by atoms with E-state index in [1.54, 1.807) is 37.4 Å². The Bertz CT molecular complexity index is 438. The Labute approximate surface area is 90.1 Å². The van der Waals surface area contributed by atoms with Gasteiger partial charge in [0.1, 0.15) is 5.84 Å². The number of nitrogens with one attached hydrogen (secondary N) is 1. The van der Waals surface area contributed by atoms with Crippen LogP contribution < -0.4 is 4.72 Å². The summed E-state index contributed by atoms with van der Waals surface area (Å²) >= 11 is 0. The zero-order valence-corrected chi connectivity index (χ0v) is 9.58. The molecule has 0 aliphatic carbocycles. The Morgan fingerprint density at radius 3 is 2.40 bits per heavy atom. The molecule has 1 aromatic rings. The van der Waals surface area contributed by atoms with E-state index < -0.39 is 10.0 Å². The molecule has 1 N–H and O–H groups in total. The lowest BCUT2D eigenvalue weighted by Gasteiger charge is -2.08. The molecule has 0 amide bonds. The summed E-state index contributed by atoms with van der Waals surface area (Å²) in [7, 11) is -1.90. The quantitative estimate of drug-likeness (QED) is 0.625. The van der Waals surface area contributed by atoms with Crippen LogP contribution in [0.2, 0.25) is 0 Å². The molecule has 0 aliphatic rings. The molecule has 15 heavy (non-hydrogen) atoms. The van der Waals surface area contributed by atoms with Crippen LogP contribution in [-0.2, 0) is 10.0 Å². The van der Waals surface area contributed by atoms with Gasteiger partial charge in [-0.3, -0.25) is 9.71 Å². The molecule has 0 spiro atoms. The van der Waals surface area contributed by atoms with Gasteiger partial charge >= 0.3 is 0 Å². The van der Waals surface area contributed by atoms with Crippen molar-refractivity contribution >= 4 is 15.9 Å². The first-order valence-electron chi connectivity index (χ1n) is 4.63. The van der Waals surface area contributed by atoms with Crippen molar-refractivity contribution in [2.24, 2.45) is 4.99 Å². The van der Waals surface area contributed by atoms with Crippen LogP contribution in [0.5, 0.6) is 0 Å². The van der Waals surface area contributed by atoms with Crippen molar-refractivity contribution < 1.29 is 8.42 Å². The van der Waals surface area contributed by atoms with E-state index in [0.717, 1.165) is 0 Å². The highest BCUT2D eigenvalue weighted by atomic mass is 32.2. The zero-order chi connectivity index (χ0) is 11.3. The van der Waals surface area contributed by atoms with E-state index in [0.29, 0.717) is 12.3 Å². The fraction of sp³-hybridized carbons (Fsp3) is 0.300. The van der Waals surface area contributed by atoms with Gasteiger partial charge in [0, 0.05) is 13.5 Å². The van der Waals surface area contributed by atoms with Crippen LogP contribution >= 0.6 is 0 Å². The first-order valence-corrected chi connectivity index (χ1v) is 6.12. The number of sulfonamides is 1. The second kappa shape index (κ2) is 4.93. The number of aliphatic imine (C=N–C) groups is 1. The molecule has 0 aliphatic heterocycles. The molecule has 0 fully saturated rings. The minimum Gasteiger partial charge on any atom is -0.275 e. The number of rotatable bonds is 3. The van der Waals surface area contributed by atoms with Gasteiger partial charge in [0.25, 0.3) is 10.0 Å². The largest absolute Gasteiger partial charge is 0.275 e. The van der Waals surface area contributed by atoms with E-state index in [1.165, 1.54) is 0 Å². The molecule has 0 radical (unpaired) electrons. The average Bonchev–Trinajstić information content (AvgIpc) is 2.27. The van der Waals surface area contributed by atoms with E-state index in [-0.39, 0.29) is 4.90 Å². The van der Waals surface area contributed by atoms with Crippen molar-refractivity contribution in [2.75, 3.05) is 7.05 Å². The Kier molecular flexibility index (Phi) is 3.85. The molecule has 0 unspecified atom stereocenters. The van der Waals surface area contributed by atoms with Crippen molar-refractivity contribution in [3.05, 3.63) is 30.3 Å². The summed E-state index contributed by atoms with van der Waals surface area (Å²) in [5.41, 5.74) is 0. The first kappa shape index (κ1) is 11.7. The van der Waals surface area contributed by atoms with E-state index in [1.807, 2.05) is 6.92 Å². The summed E-state index contributed by atoms with van der Waals surface area (Å²) in [5.74, 6) is 0.457.